The predicted octanol–water partition coefficient (Wildman–Crippen LogP) is 0.809. The standard InChI is InChI=1S/C13H21N5/c1-13(15-2)7-18(8-13)11-6-10(5-9-3-4-9)16-12(14)17-11/h6,9,15H,3-5,7-8H2,1-2H3,(H2,14,16,17). The van der Waals surface area contributed by atoms with Gasteiger partial charge in [-0.25, -0.2) is 4.98 Å². The van der Waals surface area contributed by atoms with Crippen LogP contribution in [-0.2, 0) is 6.42 Å². The van der Waals surface area contributed by atoms with Crippen molar-refractivity contribution in [2.45, 2.75) is 31.7 Å². The molecule has 1 aliphatic carbocycles. The topological polar surface area (TPSA) is 67.1 Å². The van der Waals surface area contributed by atoms with Gasteiger partial charge in [-0.05, 0) is 39.2 Å². The Labute approximate surface area is 108 Å². The van der Waals surface area contributed by atoms with Gasteiger partial charge in [0, 0.05) is 24.8 Å². The highest BCUT2D eigenvalue weighted by atomic mass is 15.3. The van der Waals surface area contributed by atoms with Crippen LogP contribution in [0, 0.1) is 5.92 Å². The lowest BCUT2D eigenvalue weighted by atomic mass is 9.92. The number of nitrogen functional groups attached to an aromatic ring is 1. The van der Waals surface area contributed by atoms with Crippen molar-refractivity contribution in [1.29, 1.82) is 0 Å². The van der Waals surface area contributed by atoms with Crippen molar-refractivity contribution in [3.05, 3.63) is 11.8 Å². The predicted molar refractivity (Wildman–Crippen MR) is 72.6 cm³/mol. The molecule has 98 valence electrons. The summed E-state index contributed by atoms with van der Waals surface area (Å²) in [6.07, 6.45) is 3.72. The zero-order chi connectivity index (χ0) is 12.8. The number of aromatic nitrogens is 2. The van der Waals surface area contributed by atoms with Crippen molar-refractivity contribution in [2.24, 2.45) is 5.92 Å². The maximum absolute atomic E-state index is 5.81. The van der Waals surface area contributed by atoms with E-state index in [1.807, 2.05) is 7.05 Å². The van der Waals surface area contributed by atoms with Gasteiger partial charge < -0.3 is 16.0 Å². The van der Waals surface area contributed by atoms with Crippen molar-refractivity contribution >= 4 is 11.8 Å². The van der Waals surface area contributed by atoms with Crippen molar-refractivity contribution in [1.82, 2.24) is 15.3 Å². The fourth-order valence-electron chi connectivity index (χ4n) is 2.50. The second kappa shape index (κ2) is 4.09. The van der Waals surface area contributed by atoms with E-state index in [0.717, 1.165) is 36.9 Å². The summed E-state index contributed by atoms with van der Waals surface area (Å²) in [6, 6.07) is 2.10. The highest BCUT2D eigenvalue weighted by Crippen LogP contribution is 2.33. The smallest absolute Gasteiger partial charge is 0.222 e. The third kappa shape index (κ3) is 2.27. The van der Waals surface area contributed by atoms with Gasteiger partial charge in [0.15, 0.2) is 0 Å². The van der Waals surface area contributed by atoms with Crippen LogP contribution >= 0.6 is 0 Å². The largest absolute Gasteiger partial charge is 0.368 e. The minimum absolute atomic E-state index is 0.205. The number of hydrogen-bond donors (Lipinski definition) is 2. The molecular formula is C13H21N5. The third-order valence-electron chi connectivity index (χ3n) is 3.98. The monoisotopic (exact) mass is 247 g/mol. The zero-order valence-electron chi connectivity index (χ0n) is 11.1. The van der Waals surface area contributed by atoms with E-state index < -0.39 is 0 Å². The summed E-state index contributed by atoms with van der Waals surface area (Å²) in [7, 11) is 2.00. The first-order chi connectivity index (χ1) is 8.58. The Hall–Kier alpha value is -1.36. The minimum Gasteiger partial charge on any atom is -0.368 e. The van der Waals surface area contributed by atoms with Crippen LogP contribution in [-0.4, -0.2) is 35.6 Å². The molecule has 5 heteroatoms. The number of anilines is 2. The molecule has 1 aromatic rings. The van der Waals surface area contributed by atoms with Crippen LogP contribution in [0.1, 0.15) is 25.5 Å². The summed E-state index contributed by atoms with van der Waals surface area (Å²) in [6.45, 7) is 4.17. The summed E-state index contributed by atoms with van der Waals surface area (Å²) in [5, 5.41) is 3.33. The fraction of sp³-hybridized carbons (Fsp3) is 0.692. The molecule has 2 heterocycles. The Balaban J connectivity index is 1.73. The lowest BCUT2D eigenvalue weighted by Crippen LogP contribution is -2.67. The Morgan fingerprint density at radius 2 is 2.17 bits per heavy atom. The Morgan fingerprint density at radius 3 is 2.78 bits per heavy atom. The van der Waals surface area contributed by atoms with E-state index >= 15 is 0 Å². The highest BCUT2D eigenvalue weighted by molar-refractivity contribution is 5.48. The molecule has 0 atom stereocenters. The van der Waals surface area contributed by atoms with Crippen LogP contribution in [0.2, 0.25) is 0 Å². The maximum Gasteiger partial charge on any atom is 0.222 e. The molecule has 0 bridgehead atoms. The molecule has 5 nitrogen and oxygen atoms in total. The van der Waals surface area contributed by atoms with Gasteiger partial charge in [-0.15, -0.1) is 0 Å². The van der Waals surface area contributed by atoms with E-state index in [1.165, 1.54) is 12.8 Å². The molecule has 0 radical (unpaired) electrons. The van der Waals surface area contributed by atoms with Crippen LogP contribution in [0.15, 0.2) is 6.07 Å². The zero-order valence-corrected chi connectivity index (χ0v) is 11.1. The molecule has 0 aromatic carbocycles. The average molecular weight is 247 g/mol. The average Bonchev–Trinajstić information content (AvgIpc) is 3.08. The first-order valence-corrected chi connectivity index (χ1v) is 6.65. The molecule has 1 saturated carbocycles. The van der Waals surface area contributed by atoms with Crippen molar-refractivity contribution in [3.8, 4) is 0 Å². The van der Waals surface area contributed by atoms with E-state index in [1.54, 1.807) is 0 Å². The number of nitrogens with one attached hydrogen (secondary N) is 1. The Morgan fingerprint density at radius 1 is 1.44 bits per heavy atom. The number of likely N-dealkylation sites (N-methyl/N-ethyl adjacent to an activating group) is 1. The van der Waals surface area contributed by atoms with E-state index in [-0.39, 0.29) is 5.54 Å². The third-order valence-corrected chi connectivity index (χ3v) is 3.98. The van der Waals surface area contributed by atoms with Gasteiger partial charge in [0.2, 0.25) is 5.95 Å². The first kappa shape index (κ1) is 11.7. The van der Waals surface area contributed by atoms with E-state index in [0.29, 0.717) is 5.95 Å². The lowest BCUT2D eigenvalue weighted by Gasteiger charge is -2.48. The number of rotatable bonds is 4. The summed E-state index contributed by atoms with van der Waals surface area (Å²) < 4.78 is 0. The molecule has 0 amide bonds. The number of nitrogens with two attached hydrogens (primary N) is 1. The van der Waals surface area contributed by atoms with Crippen LogP contribution in [0.25, 0.3) is 0 Å². The normalized spacial score (nSPS) is 21.8. The van der Waals surface area contributed by atoms with Crippen molar-refractivity contribution in [2.75, 3.05) is 30.8 Å². The molecule has 2 aliphatic rings. The van der Waals surface area contributed by atoms with Gasteiger partial charge in [0.05, 0.1) is 5.54 Å². The second-order valence-electron chi connectivity index (χ2n) is 5.89. The summed E-state index contributed by atoms with van der Waals surface area (Å²) >= 11 is 0. The summed E-state index contributed by atoms with van der Waals surface area (Å²) in [5.74, 6) is 2.21. The van der Waals surface area contributed by atoms with Crippen molar-refractivity contribution in [3.63, 3.8) is 0 Å². The van der Waals surface area contributed by atoms with Gasteiger partial charge >= 0.3 is 0 Å². The SMILES string of the molecule is CNC1(C)CN(c2cc(CC3CC3)nc(N)n2)C1. The molecule has 2 fully saturated rings. The Bertz CT molecular complexity index is 449. The summed E-state index contributed by atoms with van der Waals surface area (Å²) in [5.41, 5.74) is 7.11. The van der Waals surface area contributed by atoms with Gasteiger partial charge in [0.1, 0.15) is 5.82 Å². The molecule has 1 aliphatic heterocycles. The Kier molecular flexibility index (Phi) is 2.66. The molecule has 0 unspecified atom stereocenters. The van der Waals surface area contributed by atoms with Crippen molar-refractivity contribution < 1.29 is 0 Å². The maximum atomic E-state index is 5.81. The van der Waals surface area contributed by atoms with E-state index in [4.69, 9.17) is 5.73 Å². The molecule has 18 heavy (non-hydrogen) atoms. The van der Waals surface area contributed by atoms with Gasteiger partial charge in [-0.2, -0.15) is 4.98 Å². The molecule has 1 saturated heterocycles. The van der Waals surface area contributed by atoms with Crippen LogP contribution < -0.4 is 16.0 Å². The summed E-state index contributed by atoms with van der Waals surface area (Å²) in [4.78, 5) is 10.9. The quantitative estimate of drug-likeness (QED) is 0.824. The lowest BCUT2D eigenvalue weighted by molar-refractivity contribution is 0.301. The second-order valence-corrected chi connectivity index (χ2v) is 5.89. The number of nitrogens with zero attached hydrogens (tertiary/aromatic N) is 3. The molecule has 0 spiro atoms. The first-order valence-electron chi connectivity index (χ1n) is 6.65. The van der Waals surface area contributed by atoms with E-state index in [9.17, 15) is 0 Å². The van der Waals surface area contributed by atoms with Crippen LogP contribution in [0.4, 0.5) is 11.8 Å². The molecule has 3 N–H and O–H groups in total. The minimum atomic E-state index is 0.205. The number of hydrogen-bond acceptors (Lipinski definition) is 5. The van der Waals surface area contributed by atoms with Gasteiger partial charge in [-0.1, -0.05) is 0 Å². The van der Waals surface area contributed by atoms with Crippen LogP contribution in [0.3, 0.4) is 0 Å². The molecular weight excluding hydrogens is 226 g/mol. The van der Waals surface area contributed by atoms with Gasteiger partial charge in [0.25, 0.3) is 0 Å². The van der Waals surface area contributed by atoms with E-state index in [2.05, 4.69) is 33.2 Å². The highest BCUT2D eigenvalue weighted by Gasteiger charge is 2.38. The van der Waals surface area contributed by atoms with Gasteiger partial charge in [-0.3, -0.25) is 0 Å². The van der Waals surface area contributed by atoms with Crippen LogP contribution in [0.5, 0.6) is 0 Å². The molecule has 3 rings (SSSR count). The fourth-order valence-corrected chi connectivity index (χ4v) is 2.50. The molecule has 1 aromatic heterocycles.